The summed E-state index contributed by atoms with van der Waals surface area (Å²) in [7, 11) is 3.13. The van der Waals surface area contributed by atoms with Crippen molar-refractivity contribution in [3.63, 3.8) is 0 Å². The third kappa shape index (κ3) is 4.45. The number of ether oxygens (including phenoxy) is 2. The standard InChI is InChI=1S/C24H24N4O3/c1-30-18-12-13-20(22(16-18)31-2)27-24(29)25-14-15-28-21-11-7-6-10-19(21)26-23(28)17-8-4-3-5-9-17/h3-13,16H,14-15H2,1-2H3,(H2,25,27,29). The van der Waals surface area contributed by atoms with Gasteiger partial charge in [0, 0.05) is 24.7 Å². The Morgan fingerprint density at radius 2 is 1.74 bits per heavy atom. The summed E-state index contributed by atoms with van der Waals surface area (Å²) in [5.41, 5.74) is 3.55. The molecule has 158 valence electrons. The van der Waals surface area contributed by atoms with Crippen LogP contribution in [0, 0.1) is 0 Å². The number of hydrogen-bond acceptors (Lipinski definition) is 4. The molecule has 4 rings (SSSR count). The van der Waals surface area contributed by atoms with Crippen LogP contribution < -0.4 is 20.1 Å². The number of nitrogens with zero attached hydrogens (tertiary/aromatic N) is 2. The molecule has 0 saturated heterocycles. The van der Waals surface area contributed by atoms with E-state index in [4.69, 9.17) is 14.5 Å². The molecule has 0 unspecified atom stereocenters. The van der Waals surface area contributed by atoms with Crippen molar-refractivity contribution in [2.45, 2.75) is 6.54 Å². The Kier molecular flexibility index (Phi) is 6.03. The first-order chi connectivity index (χ1) is 15.2. The summed E-state index contributed by atoms with van der Waals surface area (Å²) in [6, 6.07) is 23.0. The molecule has 0 atom stereocenters. The highest BCUT2D eigenvalue weighted by Gasteiger charge is 2.13. The van der Waals surface area contributed by atoms with Gasteiger partial charge in [0.25, 0.3) is 0 Å². The van der Waals surface area contributed by atoms with Gasteiger partial charge in [0.2, 0.25) is 0 Å². The molecule has 4 aromatic rings. The van der Waals surface area contributed by atoms with Gasteiger partial charge in [0.1, 0.15) is 17.3 Å². The summed E-state index contributed by atoms with van der Waals surface area (Å²) in [4.78, 5) is 17.2. The summed E-state index contributed by atoms with van der Waals surface area (Å²) >= 11 is 0. The van der Waals surface area contributed by atoms with Crippen LogP contribution in [0.2, 0.25) is 0 Å². The van der Waals surface area contributed by atoms with Gasteiger partial charge in [-0.3, -0.25) is 0 Å². The third-order valence-corrected chi connectivity index (χ3v) is 4.96. The molecule has 2 amide bonds. The van der Waals surface area contributed by atoms with Crippen molar-refractivity contribution in [2.75, 3.05) is 26.1 Å². The van der Waals surface area contributed by atoms with E-state index in [0.29, 0.717) is 30.3 Å². The lowest BCUT2D eigenvalue weighted by atomic mass is 10.2. The van der Waals surface area contributed by atoms with Crippen LogP contribution in [0.4, 0.5) is 10.5 Å². The summed E-state index contributed by atoms with van der Waals surface area (Å²) in [6.07, 6.45) is 0. The van der Waals surface area contributed by atoms with Crippen LogP contribution in [0.1, 0.15) is 0 Å². The number of carbonyl (C=O) groups excluding carboxylic acids is 1. The molecule has 0 fully saturated rings. The van der Waals surface area contributed by atoms with Gasteiger partial charge in [0.15, 0.2) is 0 Å². The minimum atomic E-state index is -0.311. The highest BCUT2D eigenvalue weighted by atomic mass is 16.5. The molecule has 7 nitrogen and oxygen atoms in total. The number of amides is 2. The van der Waals surface area contributed by atoms with E-state index in [-0.39, 0.29) is 6.03 Å². The number of para-hydroxylation sites is 2. The summed E-state index contributed by atoms with van der Waals surface area (Å²) in [6.45, 7) is 1.02. The molecule has 31 heavy (non-hydrogen) atoms. The largest absolute Gasteiger partial charge is 0.497 e. The third-order valence-electron chi connectivity index (χ3n) is 4.96. The molecule has 2 N–H and O–H groups in total. The quantitative estimate of drug-likeness (QED) is 0.464. The Balaban J connectivity index is 1.47. The van der Waals surface area contributed by atoms with E-state index >= 15 is 0 Å². The van der Waals surface area contributed by atoms with E-state index in [2.05, 4.69) is 15.2 Å². The Hall–Kier alpha value is -4.00. The lowest BCUT2D eigenvalue weighted by molar-refractivity contribution is 0.251. The first kappa shape index (κ1) is 20.3. The molecule has 0 aliphatic heterocycles. The van der Waals surface area contributed by atoms with E-state index in [1.54, 1.807) is 32.4 Å². The average Bonchev–Trinajstić information content (AvgIpc) is 3.18. The van der Waals surface area contributed by atoms with Crippen molar-refractivity contribution in [1.82, 2.24) is 14.9 Å². The maximum Gasteiger partial charge on any atom is 0.319 e. The lowest BCUT2D eigenvalue weighted by Crippen LogP contribution is -2.31. The SMILES string of the molecule is COc1ccc(NC(=O)NCCn2c(-c3ccccc3)nc3ccccc32)c(OC)c1. The van der Waals surface area contributed by atoms with Crippen molar-refractivity contribution in [3.8, 4) is 22.9 Å². The van der Waals surface area contributed by atoms with Crippen molar-refractivity contribution in [3.05, 3.63) is 72.8 Å². The molecule has 1 aromatic heterocycles. The smallest absolute Gasteiger partial charge is 0.319 e. The Labute approximate surface area is 180 Å². The number of aromatic nitrogens is 2. The van der Waals surface area contributed by atoms with E-state index in [0.717, 1.165) is 22.4 Å². The number of benzene rings is 3. The number of rotatable bonds is 7. The highest BCUT2D eigenvalue weighted by Crippen LogP contribution is 2.29. The maximum absolute atomic E-state index is 12.4. The number of methoxy groups -OCH3 is 2. The zero-order valence-electron chi connectivity index (χ0n) is 17.5. The summed E-state index contributed by atoms with van der Waals surface area (Å²) in [5, 5.41) is 5.73. The van der Waals surface area contributed by atoms with Gasteiger partial charge in [0.05, 0.1) is 30.9 Å². The Morgan fingerprint density at radius 3 is 2.52 bits per heavy atom. The molecule has 3 aromatic carbocycles. The number of nitrogens with one attached hydrogen (secondary N) is 2. The monoisotopic (exact) mass is 416 g/mol. The average molecular weight is 416 g/mol. The topological polar surface area (TPSA) is 77.4 Å². The molecular weight excluding hydrogens is 392 g/mol. The zero-order valence-corrected chi connectivity index (χ0v) is 17.5. The number of hydrogen-bond donors (Lipinski definition) is 2. The molecule has 0 aliphatic carbocycles. The molecule has 0 saturated carbocycles. The minimum absolute atomic E-state index is 0.311. The van der Waals surface area contributed by atoms with E-state index in [9.17, 15) is 4.79 Å². The summed E-state index contributed by atoms with van der Waals surface area (Å²) < 4.78 is 12.6. The number of urea groups is 1. The van der Waals surface area contributed by atoms with Gasteiger partial charge in [-0.05, 0) is 24.3 Å². The fourth-order valence-corrected chi connectivity index (χ4v) is 3.46. The van der Waals surface area contributed by atoms with E-state index in [1.807, 2.05) is 54.6 Å². The van der Waals surface area contributed by atoms with Crippen LogP contribution >= 0.6 is 0 Å². The maximum atomic E-state index is 12.4. The second kappa shape index (κ2) is 9.21. The van der Waals surface area contributed by atoms with Crippen LogP contribution in [-0.2, 0) is 6.54 Å². The Morgan fingerprint density at radius 1 is 0.968 bits per heavy atom. The van der Waals surface area contributed by atoms with Crippen molar-refractivity contribution in [2.24, 2.45) is 0 Å². The van der Waals surface area contributed by atoms with Gasteiger partial charge >= 0.3 is 6.03 Å². The first-order valence-electron chi connectivity index (χ1n) is 9.97. The molecule has 0 aliphatic rings. The number of imidazole rings is 1. The molecular formula is C24H24N4O3. The predicted octanol–water partition coefficient (Wildman–Crippen LogP) is 4.54. The number of carbonyl (C=O) groups is 1. The fourth-order valence-electron chi connectivity index (χ4n) is 3.46. The normalized spacial score (nSPS) is 10.6. The van der Waals surface area contributed by atoms with Gasteiger partial charge in [-0.25, -0.2) is 9.78 Å². The lowest BCUT2D eigenvalue weighted by Gasteiger charge is -2.13. The fraction of sp³-hybridized carbons (Fsp3) is 0.167. The predicted molar refractivity (Wildman–Crippen MR) is 122 cm³/mol. The molecule has 7 heteroatoms. The van der Waals surface area contributed by atoms with Crippen LogP contribution in [0.25, 0.3) is 22.4 Å². The molecule has 0 radical (unpaired) electrons. The first-order valence-corrected chi connectivity index (χ1v) is 9.97. The van der Waals surface area contributed by atoms with Crippen LogP contribution in [0.15, 0.2) is 72.8 Å². The van der Waals surface area contributed by atoms with Gasteiger partial charge in [-0.15, -0.1) is 0 Å². The van der Waals surface area contributed by atoms with Crippen LogP contribution in [0.3, 0.4) is 0 Å². The molecule has 0 spiro atoms. The highest BCUT2D eigenvalue weighted by molar-refractivity contribution is 5.91. The van der Waals surface area contributed by atoms with Crippen LogP contribution in [0.5, 0.6) is 11.5 Å². The Bertz CT molecular complexity index is 1190. The van der Waals surface area contributed by atoms with E-state index < -0.39 is 0 Å². The second-order valence-electron chi connectivity index (χ2n) is 6.89. The van der Waals surface area contributed by atoms with Crippen molar-refractivity contribution >= 4 is 22.8 Å². The van der Waals surface area contributed by atoms with Gasteiger partial charge in [-0.1, -0.05) is 42.5 Å². The van der Waals surface area contributed by atoms with Crippen molar-refractivity contribution < 1.29 is 14.3 Å². The zero-order chi connectivity index (χ0) is 21.6. The second-order valence-corrected chi connectivity index (χ2v) is 6.89. The van der Waals surface area contributed by atoms with Gasteiger partial charge < -0.3 is 24.7 Å². The number of fused-ring (bicyclic) bond motifs is 1. The minimum Gasteiger partial charge on any atom is -0.497 e. The number of anilines is 1. The molecule has 0 bridgehead atoms. The van der Waals surface area contributed by atoms with Gasteiger partial charge in [-0.2, -0.15) is 0 Å². The van der Waals surface area contributed by atoms with Crippen molar-refractivity contribution in [1.29, 1.82) is 0 Å². The van der Waals surface area contributed by atoms with Crippen LogP contribution in [-0.4, -0.2) is 36.3 Å². The summed E-state index contributed by atoms with van der Waals surface area (Å²) in [5.74, 6) is 2.06. The van der Waals surface area contributed by atoms with E-state index in [1.165, 1.54) is 0 Å². The molecule has 1 heterocycles.